The summed E-state index contributed by atoms with van der Waals surface area (Å²) in [6.07, 6.45) is 3.42. The van der Waals surface area contributed by atoms with Crippen molar-refractivity contribution in [2.45, 2.75) is 19.3 Å². The van der Waals surface area contributed by atoms with Gasteiger partial charge in [0, 0.05) is 11.4 Å². The molecule has 0 aliphatic rings. The molecule has 1 rings (SSSR count). The molecule has 3 heteroatoms. The fraction of sp³-hybridized carbons (Fsp3) is 0.500. The Kier molecular flexibility index (Phi) is 5.54. The van der Waals surface area contributed by atoms with E-state index < -0.39 is 0 Å². The maximum Gasteiger partial charge on any atom is 0.125 e. The molecule has 0 amide bonds. The SMILES string of the molecule is COc1ccc(CCCCBr)c(OC)c1. The lowest BCUT2D eigenvalue weighted by molar-refractivity contribution is 0.390. The van der Waals surface area contributed by atoms with Gasteiger partial charge in [-0.1, -0.05) is 22.0 Å². The van der Waals surface area contributed by atoms with Gasteiger partial charge in [-0.2, -0.15) is 0 Å². The van der Waals surface area contributed by atoms with E-state index in [2.05, 4.69) is 22.0 Å². The lowest BCUT2D eigenvalue weighted by Crippen LogP contribution is -1.94. The van der Waals surface area contributed by atoms with Crippen LogP contribution < -0.4 is 9.47 Å². The summed E-state index contributed by atoms with van der Waals surface area (Å²) in [6.45, 7) is 0. The van der Waals surface area contributed by atoms with Gasteiger partial charge in [-0.05, 0) is 30.9 Å². The third-order valence-corrected chi connectivity index (χ3v) is 2.88. The predicted molar refractivity (Wildman–Crippen MR) is 66.3 cm³/mol. The number of rotatable bonds is 6. The maximum atomic E-state index is 5.33. The van der Waals surface area contributed by atoms with Gasteiger partial charge in [0.2, 0.25) is 0 Å². The molecule has 0 fully saturated rings. The molecule has 0 aliphatic carbocycles. The largest absolute Gasteiger partial charge is 0.497 e. The second-order valence-corrected chi connectivity index (χ2v) is 4.12. The lowest BCUT2D eigenvalue weighted by Gasteiger charge is -2.09. The number of hydrogen-bond acceptors (Lipinski definition) is 2. The molecule has 1 aromatic rings. The third-order valence-electron chi connectivity index (χ3n) is 2.32. The van der Waals surface area contributed by atoms with E-state index in [0.717, 1.165) is 23.2 Å². The summed E-state index contributed by atoms with van der Waals surface area (Å²) in [6, 6.07) is 5.99. The number of ether oxygens (including phenoxy) is 2. The Labute approximate surface area is 99.7 Å². The summed E-state index contributed by atoms with van der Waals surface area (Å²) in [5.41, 5.74) is 1.25. The standard InChI is InChI=1S/C12H17BrO2/c1-14-11-7-6-10(5-3-4-8-13)12(9-11)15-2/h6-7,9H,3-5,8H2,1-2H3. The van der Waals surface area contributed by atoms with Crippen molar-refractivity contribution < 1.29 is 9.47 Å². The highest BCUT2D eigenvalue weighted by atomic mass is 79.9. The van der Waals surface area contributed by atoms with E-state index >= 15 is 0 Å². The van der Waals surface area contributed by atoms with E-state index in [-0.39, 0.29) is 0 Å². The van der Waals surface area contributed by atoms with Crippen molar-refractivity contribution in [3.8, 4) is 11.5 Å². The van der Waals surface area contributed by atoms with Gasteiger partial charge in [-0.15, -0.1) is 0 Å². The highest BCUT2D eigenvalue weighted by Crippen LogP contribution is 2.25. The van der Waals surface area contributed by atoms with E-state index in [1.807, 2.05) is 12.1 Å². The summed E-state index contributed by atoms with van der Waals surface area (Å²) in [4.78, 5) is 0. The Morgan fingerprint density at radius 3 is 2.53 bits per heavy atom. The number of unbranched alkanes of at least 4 members (excludes halogenated alkanes) is 1. The Morgan fingerprint density at radius 2 is 1.93 bits per heavy atom. The molecule has 2 nitrogen and oxygen atoms in total. The van der Waals surface area contributed by atoms with Crippen LogP contribution in [0.15, 0.2) is 18.2 Å². The first kappa shape index (κ1) is 12.4. The van der Waals surface area contributed by atoms with Crippen LogP contribution in [0.25, 0.3) is 0 Å². The quantitative estimate of drug-likeness (QED) is 0.584. The summed E-state index contributed by atoms with van der Waals surface area (Å²) in [7, 11) is 3.36. The van der Waals surface area contributed by atoms with Crippen LogP contribution in [0.1, 0.15) is 18.4 Å². The van der Waals surface area contributed by atoms with Crippen LogP contribution in [0, 0.1) is 0 Å². The van der Waals surface area contributed by atoms with E-state index in [0.29, 0.717) is 0 Å². The maximum absolute atomic E-state index is 5.33. The van der Waals surface area contributed by atoms with Crippen LogP contribution in [0.4, 0.5) is 0 Å². The number of hydrogen-bond donors (Lipinski definition) is 0. The minimum absolute atomic E-state index is 0.844. The van der Waals surface area contributed by atoms with Crippen molar-refractivity contribution in [3.05, 3.63) is 23.8 Å². The molecule has 0 saturated carbocycles. The molecular weight excluding hydrogens is 256 g/mol. The van der Waals surface area contributed by atoms with Crippen LogP contribution in [0.3, 0.4) is 0 Å². The van der Waals surface area contributed by atoms with Crippen molar-refractivity contribution in [2.24, 2.45) is 0 Å². The second kappa shape index (κ2) is 6.72. The topological polar surface area (TPSA) is 18.5 Å². The molecule has 15 heavy (non-hydrogen) atoms. The van der Waals surface area contributed by atoms with Crippen LogP contribution in [-0.2, 0) is 6.42 Å². The van der Waals surface area contributed by atoms with Crippen molar-refractivity contribution in [2.75, 3.05) is 19.5 Å². The molecule has 0 aliphatic heterocycles. The van der Waals surface area contributed by atoms with Crippen LogP contribution in [-0.4, -0.2) is 19.5 Å². The minimum Gasteiger partial charge on any atom is -0.497 e. The Morgan fingerprint density at radius 1 is 1.13 bits per heavy atom. The first-order valence-electron chi connectivity index (χ1n) is 5.08. The average Bonchev–Trinajstić information content (AvgIpc) is 2.29. The fourth-order valence-corrected chi connectivity index (χ4v) is 1.86. The molecule has 0 unspecified atom stereocenters. The highest BCUT2D eigenvalue weighted by molar-refractivity contribution is 9.09. The van der Waals surface area contributed by atoms with Gasteiger partial charge in [0.25, 0.3) is 0 Å². The number of benzene rings is 1. The molecule has 0 heterocycles. The zero-order valence-corrected chi connectivity index (χ0v) is 10.8. The normalized spacial score (nSPS) is 10.1. The van der Waals surface area contributed by atoms with Crippen molar-refractivity contribution in [1.82, 2.24) is 0 Å². The number of halogens is 1. The zero-order valence-electron chi connectivity index (χ0n) is 9.25. The molecule has 84 valence electrons. The number of alkyl halides is 1. The third kappa shape index (κ3) is 3.74. The van der Waals surface area contributed by atoms with Crippen LogP contribution in [0.5, 0.6) is 11.5 Å². The number of aryl methyl sites for hydroxylation is 1. The second-order valence-electron chi connectivity index (χ2n) is 3.32. The van der Waals surface area contributed by atoms with Crippen LogP contribution >= 0.6 is 15.9 Å². The Bertz CT molecular complexity index is 300. The average molecular weight is 273 g/mol. The fourth-order valence-electron chi connectivity index (χ4n) is 1.47. The molecule has 1 aromatic carbocycles. The Hall–Kier alpha value is -0.700. The summed E-state index contributed by atoms with van der Waals surface area (Å²) in [5, 5.41) is 1.06. The molecule has 0 radical (unpaired) electrons. The molecule has 0 N–H and O–H groups in total. The molecule has 0 saturated heterocycles. The monoisotopic (exact) mass is 272 g/mol. The van der Waals surface area contributed by atoms with E-state index in [1.165, 1.54) is 18.4 Å². The number of methoxy groups -OCH3 is 2. The van der Waals surface area contributed by atoms with Gasteiger partial charge >= 0.3 is 0 Å². The van der Waals surface area contributed by atoms with Crippen molar-refractivity contribution in [1.29, 1.82) is 0 Å². The van der Waals surface area contributed by atoms with Gasteiger partial charge in [-0.25, -0.2) is 0 Å². The summed E-state index contributed by atoms with van der Waals surface area (Å²) < 4.78 is 10.5. The Balaban J connectivity index is 2.69. The van der Waals surface area contributed by atoms with Gasteiger partial charge in [0.05, 0.1) is 14.2 Å². The van der Waals surface area contributed by atoms with Gasteiger partial charge in [0.15, 0.2) is 0 Å². The first-order chi connectivity index (χ1) is 7.31. The molecule has 0 aromatic heterocycles. The minimum atomic E-state index is 0.844. The summed E-state index contributed by atoms with van der Waals surface area (Å²) in [5.74, 6) is 1.76. The summed E-state index contributed by atoms with van der Waals surface area (Å²) >= 11 is 3.43. The van der Waals surface area contributed by atoms with Gasteiger partial charge in [-0.3, -0.25) is 0 Å². The molecule has 0 bridgehead atoms. The molecular formula is C12H17BrO2. The first-order valence-corrected chi connectivity index (χ1v) is 6.21. The zero-order chi connectivity index (χ0) is 11.1. The molecule has 0 atom stereocenters. The molecule has 0 spiro atoms. The smallest absolute Gasteiger partial charge is 0.125 e. The van der Waals surface area contributed by atoms with Crippen molar-refractivity contribution >= 4 is 15.9 Å². The van der Waals surface area contributed by atoms with Gasteiger partial charge in [0.1, 0.15) is 11.5 Å². The van der Waals surface area contributed by atoms with Crippen LogP contribution in [0.2, 0.25) is 0 Å². The van der Waals surface area contributed by atoms with E-state index in [9.17, 15) is 0 Å². The lowest BCUT2D eigenvalue weighted by atomic mass is 10.1. The van der Waals surface area contributed by atoms with Gasteiger partial charge < -0.3 is 9.47 Å². The van der Waals surface area contributed by atoms with E-state index in [4.69, 9.17) is 9.47 Å². The van der Waals surface area contributed by atoms with Crippen molar-refractivity contribution in [3.63, 3.8) is 0 Å². The predicted octanol–water partition coefficient (Wildman–Crippen LogP) is 3.42. The highest BCUT2D eigenvalue weighted by Gasteiger charge is 2.04. The van der Waals surface area contributed by atoms with E-state index in [1.54, 1.807) is 14.2 Å².